The third kappa shape index (κ3) is 2.67. The van der Waals surface area contributed by atoms with E-state index < -0.39 is 0 Å². The molecule has 0 aliphatic rings. The summed E-state index contributed by atoms with van der Waals surface area (Å²) < 4.78 is 10.5. The molecule has 20 heavy (non-hydrogen) atoms. The van der Waals surface area contributed by atoms with E-state index in [2.05, 4.69) is 6.07 Å². The van der Waals surface area contributed by atoms with E-state index in [9.17, 15) is 5.26 Å². The van der Waals surface area contributed by atoms with E-state index in [-0.39, 0.29) is 5.92 Å². The van der Waals surface area contributed by atoms with Gasteiger partial charge < -0.3 is 15.2 Å². The van der Waals surface area contributed by atoms with E-state index in [1.54, 1.807) is 32.4 Å². The van der Waals surface area contributed by atoms with Crippen LogP contribution in [0.2, 0.25) is 0 Å². The molecule has 4 heteroatoms. The van der Waals surface area contributed by atoms with Gasteiger partial charge in [-0.05, 0) is 35.4 Å². The van der Waals surface area contributed by atoms with Crippen molar-refractivity contribution in [2.45, 2.75) is 5.92 Å². The Balaban J connectivity index is 2.42. The number of methoxy groups -OCH3 is 2. The second-order valence-electron chi connectivity index (χ2n) is 4.34. The summed E-state index contributed by atoms with van der Waals surface area (Å²) in [5, 5.41) is 9.44. The average Bonchev–Trinajstić information content (AvgIpc) is 2.49. The minimum atomic E-state index is -0.365. The topological polar surface area (TPSA) is 68.3 Å². The van der Waals surface area contributed by atoms with Crippen molar-refractivity contribution in [3.63, 3.8) is 0 Å². The Bertz CT molecular complexity index is 630. The first-order valence-electron chi connectivity index (χ1n) is 6.16. The van der Waals surface area contributed by atoms with Crippen molar-refractivity contribution < 1.29 is 9.47 Å². The quantitative estimate of drug-likeness (QED) is 0.866. The molecule has 4 nitrogen and oxygen atoms in total. The number of ether oxygens (including phenoxy) is 2. The maximum atomic E-state index is 9.44. The van der Waals surface area contributed by atoms with Crippen molar-refractivity contribution in [1.29, 1.82) is 5.26 Å². The molecule has 102 valence electrons. The van der Waals surface area contributed by atoms with Crippen LogP contribution in [0.5, 0.6) is 11.5 Å². The fraction of sp³-hybridized carbons (Fsp3) is 0.188. The summed E-state index contributed by atoms with van der Waals surface area (Å²) in [6.07, 6.45) is 0. The highest BCUT2D eigenvalue weighted by atomic mass is 16.5. The van der Waals surface area contributed by atoms with Gasteiger partial charge in [-0.1, -0.05) is 18.2 Å². The van der Waals surface area contributed by atoms with Crippen molar-refractivity contribution in [2.24, 2.45) is 0 Å². The average molecular weight is 268 g/mol. The number of nitrogens with two attached hydrogens (primary N) is 1. The van der Waals surface area contributed by atoms with Gasteiger partial charge in [-0.25, -0.2) is 0 Å². The van der Waals surface area contributed by atoms with E-state index in [4.69, 9.17) is 15.2 Å². The summed E-state index contributed by atoms with van der Waals surface area (Å²) >= 11 is 0. The predicted octanol–water partition coefficient (Wildman–Crippen LogP) is 2.94. The Kier molecular flexibility index (Phi) is 4.11. The summed E-state index contributed by atoms with van der Waals surface area (Å²) in [4.78, 5) is 0. The van der Waals surface area contributed by atoms with Gasteiger partial charge in [0.15, 0.2) is 11.5 Å². The molecule has 1 unspecified atom stereocenters. The first-order valence-corrected chi connectivity index (χ1v) is 6.16. The Hall–Kier alpha value is -2.67. The van der Waals surface area contributed by atoms with Crippen LogP contribution in [-0.4, -0.2) is 14.2 Å². The molecule has 2 aromatic carbocycles. The fourth-order valence-corrected chi connectivity index (χ4v) is 2.06. The van der Waals surface area contributed by atoms with Crippen LogP contribution in [0.1, 0.15) is 17.0 Å². The smallest absolute Gasteiger partial charge is 0.161 e. The van der Waals surface area contributed by atoms with Crippen molar-refractivity contribution in [2.75, 3.05) is 20.0 Å². The Labute approximate surface area is 118 Å². The van der Waals surface area contributed by atoms with Crippen LogP contribution < -0.4 is 15.2 Å². The van der Waals surface area contributed by atoms with Gasteiger partial charge in [0.05, 0.1) is 26.2 Å². The van der Waals surface area contributed by atoms with Gasteiger partial charge in [0.2, 0.25) is 0 Å². The molecule has 0 saturated heterocycles. The molecule has 0 aromatic heterocycles. The number of anilines is 1. The maximum absolute atomic E-state index is 9.44. The normalized spacial score (nSPS) is 11.4. The second kappa shape index (κ2) is 5.98. The van der Waals surface area contributed by atoms with Crippen LogP contribution in [0, 0.1) is 11.3 Å². The zero-order valence-corrected chi connectivity index (χ0v) is 11.5. The molecule has 0 aliphatic carbocycles. The summed E-state index contributed by atoms with van der Waals surface area (Å²) in [7, 11) is 3.16. The van der Waals surface area contributed by atoms with E-state index in [0.29, 0.717) is 17.2 Å². The van der Waals surface area contributed by atoms with Gasteiger partial charge in [0.1, 0.15) is 0 Å². The van der Waals surface area contributed by atoms with Gasteiger partial charge in [-0.2, -0.15) is 5.26 Å². The van der Waals surface area contributed by atoms with E-state index >= 15 is 0 Å². The van der Waals surface area contributed by atoms with Crippen molar-refractivity contribution in [3.05, 3.63) is 53.6 Å². The Morgan fingerprint density at radius 3 is 2.10 bits per heavy atom. The predicted molar refractivity (Wildman–Crippen MR) is 77.9 cm³/mol. The largest absolute Gasteiger partial charge is 0.493 e. The molecule has 0 bridgehead atoms. The molecule has 0 amide bonds. The lowest BCUT2D eigenvalue weighted by atomic mass is 9.92. The number of hydrogen-bond acceptors (Lipinski definition) is 4. The zero-order valence-electron chi connectivity index (χ0n) is 11.5. The number of nitrogens with zero attached hydrogens (tertiary/aromatic N) is 1. The third-order valence-corrected chi connectivity index (χ3v) is 3.14. The summed E-state index contributed by atoms with van der Waals surface area (Å²) in [5.74, 6) is 0.890. The van der Waals surface area contributed by atoms with Gasteiger partial charge in [-0.15, -0.1) is 0 Å². The second-order valence-corrected chi connectivity index (χ2v) is 4.34. The third-order valence-electron chi connectivity index (χ3n) is 3.14. The van der Waals surface area contributed by atoms with Gasteiger partial charge >= 0.3 is 0 Å². The highest BCUT2D eigenvalue weighted by molar-refractivity contribution is 5.49. The summed E-state index contributed by atoms with van der Waals surface area (Å²) in [6.45, 7) is 0. The monoisotopic (exact) mass is 268 g/mol. The fourth-order valence-electron chi connectivity index (χ4n) is 2.06. The van der Waals surface area contributed by atoms with Gasteiger partial charge in [0.25, 0.3) is 0 Å². The van der Waals surface area contributed by atoms with Crippen LogP contribution in [0.25, 0.3) is 0 Å². The highest BCUT2D eigenvalue weighted by Gasteiger charge is 2.15. The van der Waals surface area contributed by atoms with Crippen molar-refractivity contribution in [1.82, 2.24) is 0 Å². The maximum Gasteiger partial charge on any atom is 0.161 e. The molecule has 0 aliphatic heterocycles. The standard InChI is InChI=1S/C16H16N2O2/c1-19-15-8-5-12(9-16(15)20-2)14(10-17)11-3-6-13(18)7-4-11/h3-9,14H,18H2,1-2H3. The molecule has 0 radical (unpaired) electrons. The highest BCUT2D eigenvalue weighted by Crippen LogP contribution is 2.33. The minimum absolute atomic E-state index is 0.365. The van der Waals surface area contributed by atoms with Crippen LogP contribution in [-0.2, 0) is 0 Å². The molecule has 2 aromatic rings. The van der Waals surface area contributed by atoms with E-state index in [1.165, 1.54) is 0 Å². The number of nitriles is 1. The summed E-state index contributed by atoms with van der Waals surface area (Å²) in [5.41, 5.74) is 8.10. The Morgan fingerprint density at radius 2 is 1.55 bits per heavy atom. The van der Waals surface area contributed by atoms with Crippen LogP contribution in [0.3, 0.4) is 0 Å². The molecular formula is C16H16N2O2. The molecule has 0 heterocycles. The number of rotatable bonds is 4. The lowest BCUT2D eigenvalue weighted by Gasteiger charge is -2.13. The van der Waals surface area contributed by atoms with Gasteiger partial charge in [-0.3, -0.25) is 0 Å². The molecule has 0 spiro atoms. The van der Waals surface area contributed by atoms with Crippen LogP contribution >= 0.6 is 0 Å². The summed E-state index contributed by atoms with van der Waals surface area (Å²) in [6, 6.07) is 15.1. The van der Waals surface area contributed by atoms with Crippen molar-refractivity contribution in [3.8, 4) is 17.6 Å². The lowest BCUT2D eigenvalue weighted by molar-refractivity contribution is 0.354. The lowest BCUT2D eigenvalue weighted by Crippen LogP contribution is -2.00. The number of hydrogen-bond donors (Lipinski definition) is 1. The molecule has 0 fully saturated rings. The molecule has 0 saturated carbocycles. The van der Waals surface area contributed by atoms with Crippen molar-refractivity contribution >= 4 is 5.69 Å². The van der Waals surface area contributed by atoms with Crippen LogP contribution in [0.15, 0.2) is 42.5 Å². The molecular weight excluding hydrogens is 252 g/mol. The molecule has 1 atom stereocenters. The molecule has 2 N–H and O–H groups in total. The number of benzene rings is 2. The first-order chi connectivity index (χ1) is 9.69. The van der Waals surface area contributed by atoms with Gasteiger partial charge in [0, 0.05) is 5.69 Å². The van der Waals surface area contributed by atoms with E-state index in [0.717, 1.165) is 11.1 Å². The number of nitrogen functional groups attached to an aromatic ring is 1. The molecule has 2 rings (SSSR count). The van der Waals surface area contributed by atoms with E-state index in [1.807, 2.05) is 24.3 Å². The Morgan fingerprint density at radius 1 is 0.950 bits per heavy atom. The van der Waals surface area contributed by atoms with Crippen LogP contribution in [0.4, 0.5) is 5.69 Å². The minimum Gasteiger partial charge on any atom is -0.493 e. The zero-order chi connectivity index (χ0) is 14.5. The first kappa shape index (κ1) is 13.8. The SMILES string of the molecule is COc1ccc(C(C#N)c2ccc(N)cc2)cc1OC.